The lowest BCUT2D eigenvalue weighted by Crippen LogP contribution is -2.55. The Labute approximate surface area is 216 Å². The van der Waals surface area contributed by atoms with E-state index in [2.05, 4.69) is 4.99 Å². The van der Waals surface area contributed by atoms with Gasteiger partial charge in [-0.25, -0.2) is 4.99 Å². The zero-order valence-electron chi connectivity index (χ0n) is 20.1. The molecule has 1 atom stereocenters. The molecule has 10 heteroatoms. The maximum Gasteiger partial charge on any atom is 0.416 e. The fraction of sp³-hybridized carbons (Fsp3) is 0.259. The third-order valence-electron chi connectivity index (χ3n) is 6.45. The van der Waals surface area contributed by atoms with Gasteiger partial charge >= 0.3 is 6.18 Å². The number of carbonyl (C=O) groups excluding carboxylic acids is 1. The van der Waals surface area contributed by atoms with Crippen LogP contribution in [0.15, 0.2) is 65.7 Å². The van der Waals surface area contributed by atoms with Crippen molar-refractivity contribution in [2.45, 2.75) is 19.1 Å². The minimum atomic E-state index is -4.52. The molecule has 2 aliphatic rings. The van der Waals surface area contributed by atoms with E-state index in [1.54, 1.807) is 47.4 Å². The minimum absolute atomic E-state index is 0.0715. The highest BCUT2D eigenvalue weighted by Crippen LogP contribution is 2.42. The topological polar surface area (TPSA) is 54.4 Å². The molecule has 0 aromatic heterocycles. The number of carbonyl (C=O) groups is 1. The van der Waals surface area contributed by atoms with Crippen molar-refractivity contribution in [3.8, 4) is 17.2 Å². The SMILES string of the molecule is COc1ccc2c(c1)C(N1CCN(C(=O)c3ccccc3Cl)[C@@H](C)C1)=Nc1cc(C(F)(F)F)ccc1O2. The molecule has 3 aromatic carbocycles. The molecule has 0 aliphatic carbocycles. The Kier molecular flexibility index (Phi) is 6.49. The molecule has 2 heterocycles. The van der Waals surface area contributed by atoms with E-state index >= 15 is 0 Å². The first-order valence-corrected chi connectivity index (χ1v) is 12.0. The number of fused-ring (bicyclic) bond motifs is 2. The largest absolute Gasteiger partial charge is 0.497 e. The second-order valence-electron chi connectivity index (χ2n) is 8.85. The lowest BCUT2D eigenvalue weighted by molar-refractivity contribution is -0.137. The van der Waals surface area contributed by atoms with Crippen molar-refractivity contribution < 1.29 is 27.4 Å². The molecule has 0 bridgehead atoms. The standard InChI is InChI=1S/C27H23ClF3N3O3/c1-16-15-33(11-12-34(16)26(35)19-5-3-4-6-21(19)28)25-20-14-18(36-2)8-10-23(20)37-24-9-7-17(27(29,30)31)13-22(24)32-25/h3-10,13-14,16H,11-12,15H2,1-2H3/t16-/m0/s1. The van der Waals surface area contributed by atoms with Crippen LogP contribution in [0.1, 0.15) is 28.4 Å². The van der Waals surface area contributed by atoms with Crippen molar-refractivity contribution in [3.63, 3.8) is 0 Å². The van der Waals surface area contributed by atoms with E-state index in [1.807, 2.05) is 11.8 Å². The summed E-state index contributed by atoms with van der Waals surface area (Å²) in [5.41, 5.74) is 0.266. The first-order valence-electron chi connectivity index (χ1n) is 11.6. The fourth-order valence-electron chi connectivity index (χ4n) is 4.54. The van der Waals surface area contributed by atoms with E-state index in [0.29, 0.717) is 53.1 Å². The van der Waals surface area contributed by atoms with Crippen LogP contribution >= 0.6 is 11.6 Å². The minimum Gasteiger partial charge on any atom is -0.497 e. The third kappa shape index (κ3) is 4.83. The van der Waals surface area contributed by atoms with Gasteiger partial charge < -0.3 is 19.3 Å². The molecule has 192 valence electrons. The lowest BCUT2D eigenvalue weighted by Gasteiger charge is -2.41. The molecule has 0 saturated carbocycles. The van der Waals surface area contributed by atoms with Crippen LogP contribution in [0.25, 0.3) is 0 Å². The zero-order valence-corrected chi connectivity index (χ0v) is 20.8. The second kappa shape index (κ2) is 9.63. The number of halogens is 4. The van der Waals surface area contributed by atoms with Gasteiger partial charge in [0.05, 0.1) is 28.8 Å². The predicted molar refractivity (Wildman–Crippen MR) is 134 cm³/mol. The summed E-state index contributed by atoms with van der Waals surface area (Å²) in [5, 5.41) is 0.380. The van der Waals surface area contributed by atoms with Crippen molar-refractivity contribution >= 4 is 29.0 Å². The molecule has 0 radical (unpaired) electrons. The van der Waals surface area contributed by atoms with Gasteiger partial charge in [-0.15, -0.1) is 0 Å². The first kappa shape index (κ1) is 25.0. The van der Waals surface area contributed by atoms with Crippen LogP contribution in [0.5, 0.6) is 17.2 Å². The molecule has 1 fully saturated rings. The second-order valence-corrected chi connectivity index (χ2v) is 9.26. The molecule has 0 unspecified atom stereocenters. The van der Waals surface area contributed by atoms with Crippen LogP contribution in [0, 0.1) is 0 Å². The number of hydrogen-bond donors (Lipinski definition) is 0. The maximum atomic E-state index is 13.4. The number of ether oxygens (including phenoxy) is 2. The summed E-state index contributed by atoms with van der Waals surface area (Å²) < 4.78 is 51.7. The van der Waals surface area contributed by atoms with Gasteiger partial charge in [-0.2, -0.15) is 13.2 Å². The van der Waals surface area contributed by atoms with Crippen molar-refractivity contribution in [2.75, 3.05) is 26.7 Å². The van der Waals surface area contributed by atoms with E-state index in [1.165, 1.54) is 13.2 Å². The molecular formula is C27H23ClF3N3O3. The van der Waals surface area contributed by atoms with Gasteiger partial charge in [0.15, 0.2) is 5.75 Å². The van der Waals surface area contributed by atoms with Crippen molar-refractivity contribution in [2.24, 2.45) is 4.99 Å². The molecule has 5 rings (SSSR count). The summed E-state index contributed by atoms with van der Waals surface area (Å²) in [6, 6.07) is 15.1. The molecule has 1 saturated heterocycles. The van der Waals surface area contributed by atoms with Gasteiger partial charge in [0, 0.05) is 25.7 Å². The molecule has 6 nitrogen and oxygen atoms in total. The van der Waals surface area contributed by atoms with Gasteiger partial charge in [0.25, 0.3) is 5.91 Å². The molecule has 0 N–H and O–H groups in total. The number of rotatable bonds is 2. The number of amidine groups is 1. The summed E-state index contributed by atoms with van der Waals surface area (Å²) in [5.74, 6) is 1.49. The highest BCUT2D eigenvalue weighted by atomic mass is 35.5. The Morgan fingerprint density at radius 1 is 1.08 bits per heavy atom. The van der Waals surface area contributed by atoms with Gasteiger partial charge in [-0.05, 0) is 55.5 Å². The molecule has 2 aliphatic heterocycles. The predicted octanol–water partition coefficient (Wildman–Crippen LogP) is 6.40. The Balaban J connectivity index is 1.52. The number of nitrogens with zero attached hydrogens (tertiary/aromatic N) is 3. The summed E-state index contributed by atoms with van der Waals surface area (Å²) in [6.07, 6.45) is -4.52. The highest BCUT2D eigenvalue weighted by molar-refractivity contribution is 6.33. The van der Waals surface area contributed by atoms with Crippen LogP contribution in [-0.2, 0) is 6.18 Å². The normalized spacial score (nSPS) is 17.2. The number of aliphatic imine (C=N–C) groups is 1. The van der Waals surface area contributed by atoms with Crippen LogP contribution in [0.3, 0.4) is 0 Å². The molecular weight excluding hydrogens is 507 g/mol. The maximum absolute atomic E-state index is 13.4. The van der Waals surface area contributed by atoms with Crippen LogP contribution in [0.4, 0.5) is 18.9 Å². The zero-order chi connectivity index (χ0) is 26.3. The summed E-state index contributed by atoms with van der Waals surface area (Å²) >= 11 is 6.25. The van der Waals surface area contributed by atoms with Crippen molar-refractivity contribution in [1.82, 2.24) is 9.80 Å². The first-order chi connectivity index (χ1) is 17.7. The third-order valence-corrected chi connectivity index (χ3v) is 6.78. The highest BCUT2D eigenvalue weighted by Gasteiger charge is 2.34. The van der Waals surface area contributed by atoms with Crippen LogP contribution in [-0.4, -0.2) is 54.3 Å². The van der Waals surface area contributed by atoms with E-state index in [-0.39, 0.29) is 23.4 Å². The van der Waals surface area contributed by atoms with E-state index in [4.69, 9.17) is 21.1 Å². The van der Waals surface area contributed by atoms with Gasteiger partial charge in [-0.3, -0.25) is 4.79 Å². The number of methoxy groups -OCH3 is 1. The number of benzene rings is 3. The van der Waals surface area contributed by atoms with Gasteiger partial charge in [-0.1, -0.05) is 23.7 Å². The van der Waals surface area contributed by atoms with Crippen molar-refractivity contribution in [1.29, 1.82) is 0 Å². The average Bonchev–Trinajstić information content (AvgIpc) is 3.03. The van der Waals surface area contributed by atoms with E-state index in [9.17, 15) is 18.0 Å². The molecule has 0 spiro atoms. The summed E-state index contributed by atoms with van der Waals surface area (Å²) in [7, 11) is 1.53. The van der Waals surface area contributed by atoms with Crippen LogP contribution in [0.2, 0.25) is 5.02 Å². The number of amides is 1. The van der Waals surface area contributed by atoms with E-state index < -0.39 is 11.7 Å². The molecule has 37 heavy (non-hydrogen) atoms. The van der Waals surface area contributed by atoms with Crippen LogP contribution < -0.4 is 9.47 Å². The molecule has 3 aromatic rings. The smallest absolute Gasteiger partial charge is 0.416 e. The Hall–Kier alpha value is -3.72. The number of piperazine rings is 1. The fourth-order valence-corrected chi connectivity index (χ4v) is 4.76. The van der Waals surface area contributed by atoms with E-state index in [0.717, 1.165) is 12.1 Å². The monoisotopic (exact) mass is 529 g/mol. The number of alkyl halides is 3. The van der Waals surface area contributed by atoms with Crippen molar-refractivity contribution in [3.05, 3.63) is 82.4 Å². The number of hydrogen-bond acceptors (Lipinski definition) is 5. The summed E-state index contributed by atoms with van der Waals surface area (Å²) in [6.45, 7) is 3.10. The summed E-state index contributed by atoms with van der Waals surface area (Å²) in [4.78, 5) is 21.6. The quantitative estimate of drug-likeness (QED) is 0.385. The Morgan fingerprint density at radius 3 is 2.54 bits per heavy atom. The van der Waals surface area contributed by atoms with Gasteiger partial charge in [0.1, 0.15) is 23.0 Å². The Morgan fingerprint density at radius 2 is 1.84 bits per heavy atom. The molecule has 1 amide bonds. The lowest BCUT2D eigenvalue weighted by atomic mass is 10.1. The average molecular weight is 530 g/mol. The Bertz CT molecular complexity index is 1390. The van der Waals surface area contributed by atoms with Gasteiger partial charge in [0.2, 0.25) is 0 Å².